The van der Waals surface area contributed by atoms with E-state index in [4.69, 9.17) is 4.74 Å². The number of nitrogens with zero attached hydrogens (tertiary/aromatic N) is 6. The van der Waals surface area contributed by atoms with Crippen molar-refractivity contribution in [1.29, 1.82) is 0 Å². The highest BCUT2D eigenvalue weighted by atomic mass is 16.5. The van der Waals surface area contributed by atoms with E-state index < -0.39 is 5.54 Å². The Balaban J connectivity index is 1.67. The largest absolute Gasteiger partial charge is 0.379 e. The lowest BCUT2D eigenvalue weighted by atomic mass is 9.80. The van der Waals surface area contributed by atoms with Crippen LogP contribution in [0.2, 0.25) is 0 Å². The molecule has 0 bridgehead atoms. The molecule has 0 N–H and O–H groups in total. The molecule has 3 fully saturated rings. The highest BCUT2D eigenvalue weighted by Crippen LogP contribution is 2.47. The maximum Gasteiger partial charge on any atom is 0.270 e. The van der Waals surface area contributed by atoms with Crippen LogP contribution in [0.3, 0.4) is 0 Å². The molecule has 2 aromatic heterocycles. The normalized spacial score (nSPS) is 27.7. The van der Waals surface area contributed by atoms with Crippen LogP contribution in [-0.2, 0) is 19.9 Å². The molecule has 2 amide bonds. The van der Waals surface area contributed by atoms with Crippen LogP contribution in [0.1, 0.15) is 36.7 Å². The van der Waals surface area contributed by atoms with Gasteiger partial charge in [-0.05, 0) is 31.0 Å². The second kappa shape index (κ2) is 8.32. The van der Waals surface area contributed by atoms with Gasteiger partial charge in [-0.25, -0.2) is 15.0 Å². The number of amides is 2. The van der Waals surface area contributed by atoms with Crippen LogP contribution in [0, 0.1) is 0 Å². The van der Waals surface area contributed by atoms with Gasteiger partial charge in [0.2, 0.25) is 5.91 Å². The number of rotatable bonds is 4. The Hall–Kier alpha value is -2.91. The molecular weight excluding hydrogens is 396 g/mol. The zero-order valence-corrected chi connectivity index (χ0v) is 17.4. The Bertz CT molecular complexity index is 937. The average molecular weight is 422 g/mol. The minimum atomic E-state index is -1.14. The molecule has 3 aliphatic rings. The smallest absolute Gasteiger partial charge is 0.270 e. The van der Waals surface area contributed by atoms with Gasteiger partial charge in [-0.15, -0.1) is 0 Å². The molecule has 3 saturated heterocycles. The van der Waals surface area contributed by atoms with Crippen molar-refractivity contribution in [3.05, 3.63) is 54.4 Å². The Morgan fingerprint density at radius 1 is 0.903 bits per heavy atom. The van der Waals surface area contributed by atoms with E-state index in [0.717, 1.165) is 18.5 Å². The van der Waals surface area contributed by atoms with Crippen molar-refractivity contribution >= 4 is 11.8 Å². The summed E-state index contributed by atoms with van der Waals surface area (Å²) in [4.78, 5) is 42.9. The third kappa shape index (κ3) is 3.28. The predicted molar refractivity (Wildman–Crippen MR) is 110 cm³/mol. The van der Waals surface area contributed by atoms with E-state index in [0.29, 0.717) is 51.6 Å². The fourth-order valence-electron chi connectivity index (χ4n) is 5.04. The summed E-state index contributed by atoms with van der Waals surface area (Å²) in [6, 6.07) is 7.48. The number of carbonyl (C=O) groups excluding carboxylic acids is 2. The molecular formula is C22H26N6O3. The summed E-state index contributed by atoms with van der Waals surface area (Å²) in [5.74, 6) is -0.0430. The van der Waals surface area contributed by atoms with Crippen LogP contribution in [0.4, 0.5) is 0 Å². The van der Waals surface area contributed by atoms with Crippen molar-refractivity contribution in [1.82, 2.24) is 29.9 Å². The molecule has 0 aromatic carbocycles. The monoisotopic (exact) mass is 422 g/mol. The molecule has 0 saturated carbocycles. The Morgan fingerprint density at radius 3 is 2.39 bits per heavy atom. The minimum absolute atomic E-state index is 0.00821. The molecule has 5 rings (SSSR count). The first kappa shape index (κ1) is 20.0. The van der Waals surface area contributed by atoms with Crippen molar-refractivity contribution < 1.29 is 14.3 Å². The summed E-state index contributed by atoms with van der Waals surface area (Å²) in [6.45, 7) is 3.12. The van der Waals surface area contributed by atoms with Gasteiger partial charge >= 0.3 is 0 Å². The van der Waals surface area contributed by atoms with Gasteiger partial charge in [-0.3, -0.25) is 24.5 Å². The van der Waals surface area contributed by atoms with Gasteiger partial charge in [0.25, 0.3) is 5.91 Å². The molecule has 0 aliphatic carbocycles. The average Bonchev–Trinajstić information content (AvgIpc) is 3.14. The van der Waals surface area contributed by atoms with Gasteiger partial charge in [0.05, 0.1) is 25.7 Å². The number of aromatic nitrogens is 3. The molecule has 31 heavy (non-hydrogen) atoms. The van der Waals surface area contributed by atoms with Crippen molar-refractivity contribution in [2.45, 2.75) is 30.7 Å². The first-order valence-corrected chi connectivity index (χ1v) is 10.9. The third-order valence-electron chi connectivity index (χ3n) is 6.47. The first-order valence-electron chi connectivity index (χ1n) is 10.9. The van der Waals surface area contributed by atoms with Gasteiger partial charge in [0, 0.05) is 50.3 Å². The Labute approximate surface area is 181 Å². The van der Waals surface area contributed by atoms with E-state index in [9.17, 15) is 9.59 Å². The molecule has 2 atom stereocenters. The van der Waals surface area contributed by atoms with E-state index in [1.165, 1.54) is 0 Å². The summed E-state index contributed by atoms with van der Waals surface area (Å²) >= 11 is 0. The Kier molecular flexibility index (Phi) is 5.37. The SMILES string of the molecule is O=C1CCCCN1N1CC(c2ccccn2)C(c2ncccn2)(N2CCOCC2)C1=O. The maximum atomic E-state index is 14.3. The lowest BCUT2D eigenvalue weighted by Gasteiger charge is -2.43. The number of hydrogen-bond acceptors (Lipinski definition) is 7. The predicted octanol–water partition coefficient (Wildman–Crippen LogP) is 0.953. The van der Waals surface area contributed by atoms with E-state index in [1.54, 1.807) is 34.7 Å². The minimum Gasteiger partial charge on any atom is -0.379 e. The van der Waals surface area contributed by atoms with Crippen LogP contribution >= 0.6 is 0 Å². The second-order valence-corrected chi connectivity index (χ2v) is 8.11. The fraction of sp³-hybridized carbons (Fsp3) is 0.500. The summed E-state index contributed by atoms with van der Waals surface area (Å²) in [7, 11) is 0. The van der Waals surface area contributed by atoms with Crippen LogP contribution in [-0.4, -0.2) is 81.1 Å². The van der Waals surface area contributed by atoms with E-state index >= 15 is 0 Å². The Morgan fingerprint density at radius 2 is 1.68 bits per heavy atom. The molecule has 2 unspecified atom stereocenters. The maximum absolute atomic E-state index is 14.3. The lowest BCUT2D eigenvalue weighted by Crippen LogP contribution is -2.60. The molecule has 9 heteroatoms. The number of hydrazine groups is 1. The molecule has 0 radical (unpaired) electrons. The molecule has 2 aromatic rings. The highest BCUT2D eigenvalue weighted by Gasteiger charge is 2.63. The van der Waals surface area contributed by atoms with Gasteiger partial charge in [0.1, 0.15) is 0 Å². The summed E-state index contributed by atoms with van der Waals surface area (Å²) in [5.41, 5.74) is -0.348. The van der Waals surface area contributed by atoms with Crippen LogP contribution in [0.15, 0.2) is 42.9 Å². The van der Waals surface area contributed by atoms with E-state index in [1.807, 2.05) is 18.2 Å². The van der Waals surface area contributed by atoms with Gasteiger partial charge in [0.15, 0.2) is 11.4 Å². The van der Waals surface area contributed by atoms with Crippen molar-refractivity contribution in [3.8, 4) is 0 Å². The second-order valence-electron chi connectivity index (χ2n) is 8.11. The first-order chi connectivity index (χ1) is 15.2. The quantitative estimate of drug-likeness (QED) is 0.724. The summed E-state index contributed by atoms with van der Waals surface area (Å²) in [5, 5.41) is 3.26. The number of piperidine rings is 1. The van der Waals surface area contributed by atoms with E-state index in [-0.39, 0.29) is 17.7 Å². The van der Waals surface area contributed by atoms with Crippen molar-refractivity contribution in [2.24, 2.45) is 0 Å². The molecule has 5 heterocycles. The highest BCUT2D eigenvalue weighted by molar-refractivity contribution is 5.92. The number of morpholine rings is 1. The van der Waals surface area contributed by atoms with Gasteiger partial charge in [-0.1, -0.05) is 6.07 Å². The fourth-order valence-corrected chi connectivity index (χ4v) is 5.04. The third-order valence-corrected chi connectivity index (χ3v) is 6.47. The van der Waals surface area contributed by atoms with Crippen molar-refractivity contribution in [2.75, 3.05) is 39.4 Å². The van der Waals surface area contributed by atoms with Gasteiger partial charge < -0.3 is 4.74 Å². The molecule has 0 spiro atoms. The standard InChI is InChI=1S/C22H26N6O3/c29-19-7-2-4-11-27(19)28-16-17(18-6-1-3-8-23-18)22(21(28)30,20-24-9-5-10-25-20)26-12-14-31-15-13-26/h1,3,5-6,8-10,17H,2,4,7,11-16H2. The summed E-state index contributed by atoms with van der Waals surface area (Å²) < 4.78 is 5.59. The summed E-state index contributed by atoms with van der Waals surface area (Å²) in [6.07, 6.45) is 7.28. The molecule has 3 aliphatic heterocycles. The lowest BCUT2D eigenvalue weighted by molar-refractivity contribution is -0.168. The number of hydrogen-bond donors (Lipinski definition) is 0. The number of ether oxygens (including phenoxy) is 1. The van der Waals surface area contributed by atoms with Crippen LogP contribution in [0.5, 0.6) is 0 Å². The molecule has 9 nitrogen and oxygen atoms in total. The van der Waals surface area contributed by atoms with E-state index in [2.05, 4.69) is 19.9 Å². The van der Waals surface area contributed by atoms with Crippen LogP contribution < -0.4 is 0 Å². The van der Waals surface area contributed by atoms with Crippen LogP contribution in [0.25, 0.3) is 0 Å². The molecule has 162 valence electrons. The zero-order chi connectivity index (χ0) is 21.3. The zero-order valence-electron chi connectivity index (χ0n) is 17.4. The van der Waals surface area contributed by atoms with Crippen molar-refractivity contribution in [3.63, 3.8) is 0 Å². The number of pyridine rings is 1. The van der Waals surface area contributed by atoms with Gasteiger partial charge in [-0.2, -0.15) is 0 Å². The number of carbonyl (C=O) groups is 2. The topological polar surface area (TPSA) is 91.8 Å².